The van der Waals surface area contributed by atoms with Crippen molar-refractivity contribution in [2.45, 2.75) is 18.4 Å². The van der Waals surface area contributed by atoms with E-state index in [-0.39, 0.29) is 17.3 Å². The summed E-state index contributed by atoms with van der Waals surface area (Å²) in [6.45, 7) is 2.23. The summed E-state index contributed by atoms with van der Waals surface area (Å²) in [5.41, 5.74) is 2.15. The van der Waals surface area contributed by atoms with Crippen molar-refractivity contribution < 1.29 is 13.2 Å². The van der Waals surface area contributed by atoms with Crippen molar-refractivity contribution in [2.24, 2.45) is 0 Å². The summed E-state index contributed by atoms with van der Waals surface area (Å²) < 4.78 is 26.9. The van der Waals surface area contributed by atoms with Gasteiger partial charge >= 0.3 is 0 Å². The summed E-state index contributed by atoms with van der Waals surface area (Å²) in [4.78, 5) is 14.3. The zero-order valence-corrected chi connectivity index (χ0v) is 17.1. The molecule has 0 bridgehead atoms. The molecule has 28 heavy (non-hydrogen) atoms. The number of nitrogens with zero attached hydrogens (tertiary/aromatic N) is 2. The van der Waals surface area contributed by atoms with Crippen LogP contribution in [0.25, 0.3) is 10.8 Å². The summed E-state index contributed by atoms with van der Waals surface area (Å²) in [6, 6.07) is 20.5. The maximum atomic E-state index is 12.9. The van der Waals surface area contributed by atoms with Crippen molar-refractivity contribution in [3.8, 4) is 0 Å². The summed E-state index contributed by atoms with van der Waals surface area (Å²) in [6.07, 6.45) is 0. The molecular weight excluding hydrogens is 372 g/mol. The number of likely N-dealkylation sites (N-methyl/N-ethyl adjacent to an activating group) is 2. The van der Waals surface area contributed by atoms with Crippen LogP contribution >= 0.6 is 0 Å². The number of hydrogen-bond acceptors (Lipinski definition) is 3. The van der Waals surface area contributed by atoms with E-state index in [1.54, 1.807) is 25.2 Å². The fourth-order valence-corrected chi connectivity index (χ4v) is 4.12. The molecule has 0 aliphatic carbocycles. The topological polar surface area (TPSA) is 57.7 Å². The van der Waals surface area contributed by atoms with Gasteiger partial charge in [0.15, 0.2) is 0 Å². The van der Waals surface area contributed by atoms with Crippen molar-refractivity contribution in [3.63, 3.8) is 0 Å². The first kappa shape index (κ1) is 20.0. The van der Waals surface area contributed by atoms with E-state index in [1.165, 1.54) is 11.9 Å². The maximum Gasteiger partial charge on any atom is 0.243 e. The predicted octanol–water partition coefficient (Wildman–Crippen LogP) is 3.43. The standard InChI is InChI=1S/C22H24N2O3S/c1-17-8-10-18(11-9-17)15-23(2)22(25)16-24(3)28(26,27)21-13-12-19-6-4-5-7-20(19)14-21/h4-14H,15-16H2,1-3H3. The molecule has 0 spiro atoms. The Labute approximate surface area is 166 Å². The molecule has 0 aliphatic heterocycles. The Bertz CT molecular complexity index is 1090. The molecule has 0 fully saturated rings. The van der Waals surface area contributed by atoms with Crippen molar-refractivity contribution in [1.82, 2.24) is 9.21 Å². The normalized spacial score (nSPS) is 11.7. The molecule has 146 valence electrons. The lowest BCUT2D eigenvalue weighted by molar-refractivity contribution is -0.130. The maximum absolute atomic E-state index is 12.9. The number of carbonyl (C=O) groups excluding carboxylic acids is 1. The average molecular weight is 397 g/mol. The van der Waals surface area contributed by atoms with Gasteiger partial charge in [-0.15, -0.1) is 0 Å². The Hall–Kier alpha value is -2.70. The summed E-state index contributed by atoms with van der Waals surface area (Å²) in [5, 5.41) is 1.82. The van der Waals surface area contributed by atoms with Gasteiger partial charge in [-0.25, -0.2) is 8.42 Å². The molecule has 0 radical (unpaired) electrons. The highest BCUT2D eigenvalue weighted by Gasteiger charge is 2.24. The van der Waals surface area contributed by atoms with Crippen LogP contribution in [0.15, 0.2) is 71.6 Å². The van der Waals surface area contributed by atoms with Gasteiger partial charge in [0.05, 0.1) is 11.4 Å². The Kier molecular flexibility index (Phi) is 5.82. The smallest absolute Gasteiger partial charge is 0.243 e. The molecule has 0 saturated heterocycles. The fraction of sp³-hybridized carbons (Fsp3) is 0.227. The largest absolute Gasteiger partial charge is 0.340 e. The third-order valence-corrected chi connectivity index (χ3v) is 6.55. The molecule has 0 atom stereocenters. The highest BCUT2D eigenvalue weighted by atomic mass is 32.2. The Balaban J connectivity index is 1.71. The van der Waals surface area contributed by atoms with E-state index >= 15 is 0 Å². The van der Waals surface area contributed by atoms with Crippen molar-refractivity contribution in [2.75, 3.05) is 20.6 Å². The predicted molar refractivity (Wildman–Crippen MR) is 111 cm³/mol. The fourth-order valence-electron chi connectivity index (χ4n) is 2.96. The lowest BCUT2D eigenvalue weighted by Crippen LogP contribution is -2.39. The van der Waals surface area contributed by atoms with Gasteiger partial charge in [0.1, 0.15) is 0 Å². The van der Waals surface area contributed by atoms with Gasteiger partial charge in [-0.3, -0.25) is 4.79 Å². The first-order valence-electron chi connectivity index (χ1n) is 9.02. The lowest BCUT2D eigenvalue weighted by Gasteiger charge is -2.22. The minimum absolute atomic E-state index is 0.183. The molecule has 0 aromatic heterocycles. The lowest BCUT2D eigenvalue weighted by atomic mass is 10.1. The number of aryl methyl sites for hydroxylation is 1. The van der Waals surface area contributed by atoms with Crippen molar-refractivity contribution in [3.05, 3.63) is 77.9 Å². The molecular formula is C22H24N2O3S. The van der Waals surface area contributed by atoms with Crippen LogP contribution in [0, 0.1) is 6.92 Å². The van der Waals surface area contributed by atoms with E-state index < -0.39 is 10.0 Å². The van der Waals surface area contributed by atoms with Crippen molar-refractivity contribution >= 4 is 26.7 Å². The van der Waals surface area contributed by atoms with Gasteiger partial charge in [0.2, 0.25) is 15.9 Å². The average Bonchev–Trinajstić information content (AvgIpc) is 2.69. The molecule has 3 aromatic carbocycles. The quantitative estimate of drug-likeness (QED) is 0.641. The zero-order valence-electron chi connectivity index (χ0n) is 16.3. The molecule has 6 heteroatoms. The first-order chi connectivity index (χ1) is 13.3. The molecule has 3 rings (SSSR count). The highest BCUT2D eigenvalue weighted by molar-refractivity contribution is 7.89. The Morgan fingerprint density at radius 3 is 2.21 bits per heavy atom. The first-order valence-corrected chi connectivity index (χ1v) is 10.5. The van der Waals surface area contributed by atoms with Gasteiger partial charge in [0, 0.05) is 20.6 Å². The summed E-state index contributed by atoms with van der Waals surface area (Å²) in [7, 11) is -0.640. The number of sulfonamides is 1. The number of benzene rings is 3. The van der Waals surface area contributed by atoms with Gasteiger partial charge in [-0.2, -0.15) is 4.31 Å². The summed E-state index contributed by atoms with van der Waals surface area (Å²) in [5.74, 6) is -0.257. The molecule has 0 aliphatic rings. The second-order valence-electron chi connectivity index (χ2n) is 7.01. The number of fused-ring (bicyclic) bond motifs is 1. The monoisotopic (exact) mass is 396 g/mol. The van der Waals surface area contributed by atoms with Crippen LogP contribution in [-0.4, -0.2) is 44.2 Å². The molecule has 1 amide bonds. The van der Waals surface area contributed by atoms with E-state index in [9.17, 15) is 13.2 Å². The van der Waals surface area contributed by atoms with E-state index in [4.69, 9.17) is 0 Å². The zero-order chi connectivity index (χ0) is 20.3. The molecule has 5 nitrogen and oxygen atoms in total. The van der Waals surface area contributed by atoms with Gasteiger partial charge < -0.3 is 4.90 Å². The Morgan fingerprint density at radius 1 is 0.893 bits per heavy atom. The molecule has 0 unspecified atom stereocenters. The van der Waals surface area contributed by atoms with Crippen LogP contribution in [0.2, 0.25) is 0 Å². The van der Waals surface area contributed by atoms with Gasteiger partial charge in [0.25, 0.3) is 0 Å². The van der Waals surface area contributed by atoms with Crippen LogP contribution in [0.4, 0.5) is 0 Å². The van der Waals surface area contributed by atoms with Gasteiger partial charge in [-0.05, 0) is 35.4 Å². The van der Waals surface area contributed by atoms with Crippen LogP contribution in [0.1, 0.15) is 11.1 Å². The highest BCUT2D eigenvalue weighted by Crippen LogP contribution is 2.21. The number of carbonyl (C=O) groups is 1. The third kappa shape index (κ3) is 4.40. The van der Waals surface area contributed by atoms with Crippen LogP contribution in [0.3, 0.4) is 0 Å². The van der Waals surface area contributed by atoms with Crippen LogP contribution in [-0.2, 0) is 21.4 Å². The number of amides is 1. The second kappa shape index (κ2) is 8.12. The van der Waals surface area contributed by atoms with E-state index in [0.29, 0.717) is 6.54 Å². The molecule has 3 aromatic rings. The Morgan fingerprint density at radius 2 is 1.54 bits per heavy atom. The van der Waals surface area contributed by atoms with Crippen molar-refractivity contribution in [1.29, 1.82) is 0 Å². The minimum Gasteiger partial charge on any atom is -0.340 e. The molecule has 0 heterocycles. The van der Waals surface area contributed by atoms with E-state index in [1.807, 2.05) is 55.5 Å². The van der Waals surface area contributed by atoms with Crippen LogP contribution < -0.4 is 0 Å². The van der Waals surface area contributed by atoms with Crippen LogP contribution in [0.5, 0.6) is 0 Å². The summed E-state index contributed by atoms with van der Waals surface area (Å²) >= 11 is 0. The molecule has 0 N–H and O–H groups in total. The van der Waals surface area contributed by atoms with E-state index in [2.05, 4.69) is 0 Å². The third-order valence-electron chi connectivity index (χ3n) is 4.75. The second-order valence-corrected chi connectivity index (χ2v) is 9.05. The van der Waals surface area contributed by atoms with E-state index in [0.717, 1.165) is 26.2 Å². The number of hydrogen-bond donors (Lipinski definition) is 0. The SMILES string of the molecule is Cc1ccc(CN(C)C(=O)CN(C)S(=O)(=O)c2ccc3ccccc3c2)cc1. The minimum atomic E-state index is -3.75. The van der Waals surface area contributed by atoms with Gasteiger partial charge in [-0.1, -0.05) is 60.2 Å². The number of rotatable bonds is 6. The molecule has 0 saturated carbocycles.